The zero-order chi connectivity index (χ0) is 43.1. The monoisotopic (exact) mass is 818 g/mol. The number of hydrogen-bond acceptors (Lipinski definition) is 2. The van der Waals surface area contributed by atoms with Crippen molar-refractivity contribution in [3.8, 4) is 33.4 Å². The zero-order valence-electron chi connectivity index (χ0n) is 35.5. The molecular weight excluding hydrogens is 773 g/mol. The highest BCUT2D eigenvalue weighted by Gasteiger charge is 2.20. The first kappa shape index (κ1) is 39.7. The van der Waals surface area contributed by atoms with E-state index in [1.807, 2.05) is 12.2 Å². The number of para-hydroxylation sites is 1. The Bertz CT molecular complexity index is 3260. The summed E-state index contributed by atoms with van der Waals surface area (Å²) >= 11 is 0. The fourth-order valence-electron chi connectivity index (χ4n) is 8.74. The lowest BCUT2D eigenvalue weighted by molar-refractivity contribution is 1.23. The minimum absolute atomic E-state index is 1.00. The van der Waals surface area contributed by atoms with Crippen molar-refractivity contribution >= 4 is 56.1 Å². The maximum Gasteiger partial charge on any atom is 0.0540 e. The number of fused-ring (bicyclic) bond motifs is 2. The molecule has 304 valence electrons. The SMILES string of the molecule is C=C/C=C\C(=C\c1cccc(-c2ccccc2N(c2ccc(-c3ccccc3)cc2)c2cccc3ccccc23)c1)N(c1ccc(-c2ccccc2)cc1)c1cccc2ccccc12. The third kappa shape index (κ3) is 8.16. The molecule has 0 atom stereocenters. The van der Waals surface area contributed by atoms with Gasteiger partial charge in [0.25, 0.3) is 0 Å². The Morgan fingerprint density at radius 1 is 0.375 bits per heavy atom. The second kappa shape index (κ2) is 18.3. The summed E-state index contributed by atoms with van der Waals surface area (Å²) in [5, 5.41) is 4.73. The van der Waals surface area contributed by atoms with Gasteiger partial charge in [-0.2, -0.15) is 0 Å². The topological polar surface area (TPSA) is 6.48 Å². The number of nitrogens with zero attached hydrogens (tertiary/aromatic N) is 2. The maximum atomic E-state index is 4.07. The van der Waals surface area contributed by atoms with Crippen LogP contribution in [0.2, 0.25) is 0 Å². The molecule has 0 aromatic heterocycles. The van der Waals surface area contributed by atoms with E-state index in [0.717, 1.165) is 50.8 Å². The second-order valence-corrected chi connectivity index (χ2v) is 15.8. The van der Waals surface area contributed by atoms with Gasteiger partial charge in [0, 0.05) is 33.4 Å². The van der Waals surface area contributed by atoms with Crippen molar-refractivity contribution in [2.75, 3.05) is 9.80 Å². The van der Waals surface area contributed by atoms with Gasteiger partial charge in [0.1, 0.15) is 0 Å². The molecule has 0 amide bonds. The summed E-state index contributed by atoms with van der Waals surface area (Å²) in [6, 6.07) is 86.9. The maximum absolute atomic E-state index is 4.07. The van der Waals surface area contributed by atoms with E-state index < -0.39 is 0 Å². The van der Waals surface area contributed by atoms with Crippen LogP contribution >= 0.6 is 0 Å². The summed E-state index contributed by atoms with van der Waals surface area (Å²) in [6.45, 7) is 4.07. The molecule has 0 unspecified atom stereocenters. The lowest BCUT2D eigenvalue weighted by Gasteiger charge is -2.29. The largest absolute Gasteiger partial charge is 0.310 e. The molecule has 0 bridgehead atoms. The molecule has 0 saturated carbocycles. The molecule has 2 nitrogen and oxygen atoms in total. The van der Waals surface area contributed by atoms with Gasteiger partial charge in [-0.1, -0.05) is 213 Å². The minimum Gasteiger partial charge on any atom is -0.310 e. The van der Waals surface area contributed by atoms with Crippen LogP contribution in [0.3, 0.4) is 0 Å². The lowest BCUT2D eigenvalue weighted by atomic mass is 9.98. The van der Waals surface area contributed by atoms with Crippen molar-refractivity contribution in [1.29, 1.82) is 0 Å². The Labute approximate surface area is 376 Å². The van der Waals surface area contributed by atoms with E-state index in [0.29, 0.717) is 0 Å². The molecule has 10 aromatic carbocycles. The van der Waals surface area contributed by atoms with Crippen LogP contribution in [0.25, 0.3) is 61.0 Å². The average molecular weight is 819 g/mol. The summed E-state index contributed by atoms with van der Waals surface area (Å²) < 4.78 is 0. The Morgan fingerprint density at radius 3 is 1.48 bits per heavy atom. The Balaban J connectivity index is 1.11. The molecule has 0 saturated heterocycles. The van der Waals surface area contributed by atoms with Gasteiger partial charge in [0.2, 0.25) is 0 Å². The zero-order valence-corrected chi connectivity index (χ0v) is 35.5. The van der Waals surface area contributed by atoms with Gasteiger partial charge < -0.3 is 9.80 Å². The van der Waals surface area contributed by atoms with Gasteiger partial charge in [-0.3, -0.25) is 0 Å². The predicted octanol–water partition coefficient (Wildman–Crippen LogP) is 17.4. The van der Waals surface area contributed by atoms with E-state index in [1.54, 1.807) is 0 Å². The van der Waals surface area contributed by atoms with Gasteiger partial charge in [0.05, 0.1) is 17.1 Å². The van der Waals surface area contributed by atoms with Crippen molar-refractivity contribution in [3.63, 3.8) is 0 Å². The van der Waals surface area contributed by atoms with Gasteiger partial charge >= 0.3 is 0 Å². The molecule has 10 aromatic rings. The summed E-state index contributed by atoms with van der Waals surface area (Å²) in [4.78, 5) is 4.77. The van der Waals surface area contributed by atoms with Crippen molar-refractivity contribution < 1.29 is 0 Å². The van der Waals surface area contributed by atoms with E-state index >= 15 is 0 Å². The highest BCUT2D eigenvalue weighted by Crippen LogP contribution is 2.44. The van der Waals surface area contributed by atoms with Gasteiger partial charge in [-0.05, 0) is 105 Å². The van der Waals surface area contributed by atoms with Crippen LogP contribution in [0.1, 0.15) is 5.56 Å². The van der Waals surface area contributed by atoms with Gasteiger partial charge in [-0.15, -0.1) is 0 Å². The number of rotatable bonds is 12. The number of allylic oxidation sites excluding steroid dienone is 3. The molecule has 0 aliphatic carbocycles. The molecule has 2 heteroatoms. The quantitative estimate of drug-likeness (QED) is 0.113. The highest BCUT2D eigenvalue weighted by atomic mass is 15.2. The summed E-state index contributed by atoms with van der Waals surface area (Å²) in [6.07, 6.45) is 8.30. The summed E-state index contributed by atoms with van der Waals surface area (Å²) in [5.74, 6) is 0. The summed E-state index contributed by atoms with van der Waals surface area (Å²) in [7, 11) is 0. The molecule has 0 aliphatic rings. The first-order chi connectivity index (χ1) is 31.7. The fourth-order valence-corrected chi connectivity index (χ4v) is 8.74. The smallest absolute Gasteiger partial charge is 0.0540 e. The van der Waals surface area contributed by atoms with E-state index in [-0.39, 0.29) is 0 Å². The molecule has 0 aliphatic heterocycles. The van der Waals surface area contributed by atoms with Crippen LogP contribution in [0.4, 0.5) is 28.4 Å². The van der Waals surface area contributed by atoms with E-state index in [9.17, 15) is 0 Å². The Kier molecular flexibility index (Phi) is 11.3. The molecule has 0 fully saturated rings. The number of benzene rings is 10. The highest BCUT2D eigenvalue weighted by molar-refractivity contribution is 6.02. The summed E-state index contributed by atoms with van der Waals surface area (Å²) in [5.41, 5.74) is 14.5. The molecule has 64 heavy (non-hydrogen) atoms. The van der Waals surface area contributed by atoms with Crippen molar-refractivity contribution in [1.82, 2.24) is 0 Å². The predicted molar refractivity (Wildman–Crippen MR) is 275 cm³/mol. The van der Waals surface area contributed by atoms with Crippen molar-refractivity contribution in [3.05, 3.63) is 279 Å². The van der Waals surface area contributed by atoms with Crippen LogP contribution < -0.4 is 9.80 Å². The van der Waals surface area contributed by atoms with Crippen LogP contribution in [-0.2, 0) is 0 Å². The van der Waals surface area contributed by atoms with E-state index in [4.69, 9.17) is 0 Å². The van der Waals surface area contributed by atoms with E-state index in [1.165, 1.54) is 43.8 Å². The van der Waals surface area contributed by atoms with Crippen LogP contribution in [0, 0.1) is 0 Å². The molecule has 0 heterocycles. The van der Waals surface area contributed by atoms with Crippen molar-refractivity contribution in [2.45, 2.75) is 0 Å². The molecule has 0 spiro atoms. The third-order valence-corrected chi connectivity index (χ3v) is 11.8. The van der Waals surface area contributed by atoms with Gasteiger partial charge in [-0.25, -0.2) is 0 Å². The number of anilines is 5. The van der Waals surface area contributed by atoms with E-state index in [2.05, 4.69) is 271 Å². The van der Waals surface area contributed by atoms with Crippen molar-refractivity contribution in [2.24, 2.45) is 0 Å². The average Bonchev–Trinajstić information content (AvgIpc) is 3.37. The first-order valence-corrected chi connectivity index (χ1v) is 21.8. The van der Waals surface area contributed by atoms with Crippen LogP contribution in [-0.4, -0.2) is 0 Å². The molecule has 0 radical (unpaired) electrons. The minimum atomic E-state index is 1.00. The standard InChI is InChI=1S/C62H46N2/c1-2-3-29-56(63(60-34-17-26-51-24-10-12-30-57(51)60)54-40-36-49(37-41-54)47-20-6-4-7-21-47)45-46-19-16-28-53(44-46)59-32-14-15-33-61(59)64(62-35-18-27-52-25-11-13-31-58(52)62)55-42-38-50(39-43-55)48-22-8-5-9-23-48/h2-45H,1H2/b29-3-,56-45-. The normalized spacial score (nSPS) is 11.5. The molecular formula is C62H46N2. The van der Waals surface area contributed by atoms with Crippen LogP contribution in [0.5, 0.6) is 0 Å². The Hall–Kier alpha value is -8.46. The number of hydrogen-bond donors (Lipinski definition) is 0. The lowest BCUT2D eigenvalue weighted by Crippen LogP contribution is -2.15. The van der Waals surface area contributed by atoms with Crippen LogP contribution in [0.15, 0.2) is 273 Å². The Morgan fingerprint density at radius 2 is 0.844 bits per heavy atom. The molecule has 0 N–H and O–H groups in total. The molecule has 10 rings (SSSR count). The first-order valence-electron chi connectivity index (χ1n) is 21.8. The van der Waals surface area contributed by atoms with Gasteiger partial charge in [0.15, 0.2) is 0 Å². The third-order valence-electron chi connectivity index (χ3n) is 11.8. The fraction of sp³-hybridized carbons (Fsp3) is 0. The second-order valence-electron chi connectivity index (χ2n) is 15.8.